The third kappa shape index (κ3) is 7.56. The number of benzene rings is 10. The van der Waals surface area contributed by atoms with Crippen molar-refractivity contribution in [2.75, 3.05) is 0 Å². The van der Waals surface area contributed by atoms with Gasteiger partial charge in [0.15, 0.2) is 0 Å². The van der Waals surface area contributed by atoms with E-state index in [1.54, 1.807) is 0 Å². The molecule has 0 spiro atoms. The van der Waals surface area contributed by atoms with E-state index in [1.807, 2.05) is 30.3 Å². The molecule has 10 aromatic carbocycles. The lowest BCUT2D eigenvalue weighted by Gasteiger charge is -2.18. The first kappa shape index (κ1) is 41.7. The number of nitrogens with one attached hydrogen (secondary N) is 2. The summed E-state index contributed by atoms with van der Waals surface area (Å²) in [7, 11) is 0. The lowest BCUT2D eigenvalue weighted by Crippen LogP contribution is -2.08. The van der Waals surface area contributed by atoms with E-state index >= 15 is 0 Å². The second-order valence-electron chi connectivity index (χ2n) is 18.3. The fourth-order valence-electron chi connectivity index (χ4n) is 10.6. The summed E-state index contributed by atoms with van der Waals surface area (Å²) in [4.78, 5) is 3.80. The lowest BCUT2D eigenvalue weighted by molar-refractivity contribution is 0.990. The fraction of sp³-hybridized carbons (Fsp3) is 0.0303. The topological polar surface area (TPSA) is 68.9 Å². The molecule has 1 aliphatic rings. The Kier molecular flexibility index (Phi) is 10.3. The van der Waals surface area contributed by atoms with Crippen LogP contribution in [0.25, 0.3) is 111 Å². The van der Waals surface area contributed by atoms with Crippen LogP contribution >= 0.6 is 0 Å². The predicted molar refractivity (Wildman–Crippen MR) is 295 cm³/mol. The van der Waals surface area contributed by atoms with Crippen LogP contribution in [0.3, 0.4) is 0 Å². The van der Waals surface area contributed by atoms with E-state index in [0.29, 0.717) is 5.56 Å². The van der Waals surface area contributed by atoms with Crippen LogP contribution in [0.15, 0.2) is 242 Å². The van der Waals surface area contributed by atoms with Gasteiger partial charge >= 0.3 is 0 Å². The normalized spacial score (nSPS) is 12.7. The number of para-hydroxylation sites is 3. The van der Waals surface area contributed by atoms with Crippen LogP contribution in [-0.2, 0) is 0 Å². The Morgan fingerprint density at radius 2 is 1.00 bits per heavy atom. The molecule has 0 aliphatic carbocycles. The smallest absolute Gasteiger partial charge is 0.0991 e. The molecule has 0 saturated carbocycles. The molecule has 71 heavy (non-hydrogen) atoms. The maximum atomic E-state index is 9.44. The van der Waals surface area contributed by atoms with Gasteiger partial charge in [-0.2, -0.15) is 10.4 Å². The van der Waals surface area contributed by atoms with E-state index in [0.717, 1.165) is 108 Å². The number of allylic oxidation sites excluding steroid dienone is 1. The maximum absolute atomic E-state index is 9.44. The molecule has 13 rings (SSSR count). The van der Waals surface area contributed by atoms with Crippen molar-refractivity contribution in [3.05, 3.63) is 253 Å². The summed E-state index contributed by atoms with van der Waals surface area (Å²) in [5.74, 6) is 0. The van der Waals surface area contributed by atoms with Gasteiger partial charge in [-0.15, -0.1) is 0 Å². The van der Waals surface area contributed by atoms with Crippen LogP contribution in [0.5, 0.6) is 0 Å². The fourth-order valence-corrected chi connectivity index (χ4v) is 10.6. The summed E-state index contributed by atoms with van der Waals surface area (Å²) in [5.41, 5.74) is 25.3. The van der Waals surface area contributed by atoms with Crippen LogP contribution in [0.1, 0.15) is 29.5 Å². The van der Waals surface area contributed by atoms with Crippen molar-refractivity contribution < 1.29 is 0 Å². The Morgan fingerprint density at radius 1 is 0.423 bits per heavy atom. The van der Waals surface area contributed by atoms with Crippen molar-refractivity contribution in [2.45, 2.75) is 12.8 Å². The number of hydrazone groups is 1. The Bertz CT molecular complexity index is 4080. The third-order valence-corrected chi connectivity index (χ3v) is 14.1. The van der Waals surface area contributed by atoms with E-state index in [1.165, 1.54) is 32.6 Å². The summed E-state index contributed by atoms with van der Waals surface area (Å²) in [5, 5.41) is 19.2. The molecule has 334 valence electrons. The van der Waals surface area contributed by atoms with Crippen molar-refractivity contribution in [3.8, 4) is 67.4 Å². The van der Waals surface area contributed by atoms with Gasteiger partial charge in [-0.25, -0.2) is 0 Å². The molecule has 0 fully saturated rings. The number of hydrogen-bond acceptors (Lipinski definition) is 3. The van der Waals surface area contributed by atoms with Gasteiger partial charge in [-0.1, -0.05) is 170 Å². The highest BCUT2D eigenvalue weighted by atomic mass is 15.3. The molecule has 2 N–H and O–H groups in total. The number of rotatable bonds is 8. The molecule has 5 nitrogen and oxygen atoms in total. The molecule has 0 amide bonds. The Labute approximate surface area is 411 Å². The average molecular weight is 908 g/mol. The minimum Gasteiger partial charge on any atom is -0.354 e. The molecule has 12 aromatic rings. The molecule has 0 radical (unpaired) electrons. The number of hydrogen-bond donors (Lipinski definition) is 2. The number of H-pyrrole nitrogens is 1. The molecule has 0 saturated heterocycles. The molecular weight excluding hydrogens is 863 g/mol. The van der Waals surface area contributed by atoms with Crippen molar-refractivity contribution in [1.82, 2.24) is 15.0 Å². The molecule has 5 heteroatoms. The summed E-state index contributed by atoms with van der Waals surface area (Å²) in [6.07, 6.45) is 4.02. The number of nitrogens with zero attached hydrogens (tertiary/aromatic N) is 3. The maximum Gasteiger partial charge on any atom is 0.0991 e. The standard InChI is InChI=1S/C66H45N5/c67-42-43-28-30-45(31-29-43)54-22-12-23-58-55-34-32-48(41-62(55)68-66(54)58)53-38-51(44-14-3-1-4-15-44)37-52(39-53)47-18-11-19-49(36-47)59-40-50(61-25-13-24-60(69-70-61)46-16-5-2-6-17-46)33-35-65(59)71-63-26-9-7-20-56(63)57-21-8-10-27-64(57)71/h1-12,14-23,25-41,68,70H,13,24H2. The zero-order chi connectivity index (χ0) is 47.3. The zero-order valence-corrected chi connectivity index (χ0v) is 38.8. The van der Waals surface area contributed by atoms with Crippen LogP contribution in [0.4, 0.5) is 0 Å². The SMILES string of the molecule is N#Cc1ccc(-c2cccc3c2[nH]c2cc(-c4cc(-c5ccccc5)cc(-c5cccc(-c6cc(C7=CCCC(c8ccccc8)=NN7)ccc6-n6c7ccccc7c7ccccc76)c5)c4)ccc23)cc1. The Balaban J connectivity index is 0.953. The average Bonchev–Trinajstić information content (AvgIpc) is 3.87. The number of aromatic amines is 1. The second kappa shape index (κ2) is 17.5. The largest absolute Gasteiger partial charge is 0.354 e. The van der Waals surface area contributed by atoms with Crippen molar-refractivity contribution in [2.24, 2.45) is 5.10 Å². The Hall–Kier alpha value is -9.50. The second-order valence-corrected chi connectivity index (χ2v) is 18.3. The monoisotopic (exact) mass is 907 g/mol. The minimum atomic E-state index is 0.651. The molecule has 1 aliphatic heterocycles. The molecule has 0 bridgehead atoms. The summed E-state index contributed by atoms with van der Waals surface area (Å²) in [6.45, 7) is 0. The summed E-state index contributed by atoms with van der Waals surface area (Å²) in [6, 6.07) is 84.8. The van der Waals surface area contributed by atoms with Gasteiger partial charge in [0.25, 0.3) is 0 Å². The van der Waals surface area contributed by atoms with Crippen LogP contribution in [0.2, 0.25) is 0 Å². The quantitative estimate of drug-likeness (QED) is 0.159. The molecular formula is C66H45N5. The Morgan fingerprint density at radius 3 is 1.73 bits per heavy atom. The van der Waals surface area contributed by atoms with Gasteiger partial charge in [0, 0.05) is 38.2 Å². The van der Waals surface area contributed by atoms with Crippen molar-refractivity contribution >= 4 is 55.0 Å². The highest BCUT2D eigenvalue weighted by molar-refractivity contribution is 6.13. The number of aromatic nitrogens is 2. The van der Waals surface area contributed by atoms with Crippen LogP contribution < -0.4 is 5.43 Å². The number of fused-ring (bicyclic) bond motifs is 6. The van der Waals surface area contributed by atoms with Gasteiger partial charge in [-0.3, -0.25) is 5.43 Å². The molecule has 3 heterocycles. The number of nitriles is 1. The molecule has 2 aromatic heterocycles. The van der Waals surface area contributed by atoms with E-state index in [-0.39, 0.29) is 0 Å². The van der Waals surface area contributed by atoms with Crippen molar-refractivity contribution in [3.63, 3.8) is 0 Å². The first-order valence-corrected chi connectivity index (χ1v) is 24.2. The third-order valence-electron chi connectivity index (χ3n) is 14.1. The van der Waals surface area contributed by atoms with E-state index < -0.39 is 0 Å². The highest BCUT2D eigenvalue weighted by Gasteiger charge is 2.19. The van der Waals surface area contributed by atoms with E-state index in [2.05, 4.69) is 227 Å². The molecule has 0 unspecified atom stereocenters. The van der Waals surface area contributed by atoms with E-state index in [9.17, 15) is 5.26 Å². The van der Waals surface area contributed by atoms with Crippen molar-refractivity contribution in [1.29, 1.82) is 5.26 Å². The predicted octanol–water partition coefficient (Wildman–Crippen LogP) is 16.8. The first-order chi connectivity index (χ1) is 35.1. The molecule has 0 atom stereocenters. The highest BCUT2D eigenvalue weighted by Crippen LogP contribution is 2.41. The van der Waals surface area contributed by atoms with Gasteiger partial charge in [0.1, 0.15) is 0 Å². The first-order valence-electron chi connectivity index (χ1n) is 24.2. The minimum absolute atomic E-state index is 0.651. The summed E-state index contributed by atoms with van der Waals surface area (Å²) < 4.78 is 2.43. The summed E-state index contributed by atoms with van der Waals surface area (Å²) >= 11 is 0. The van der Waals surface area contributed by atoms with E-state index in [4.69, 9.17) is 5.10 Å². The van der Waals surface area contributed by atoms with Gasteiger partial charge in [0.05, 0.1) is 45.3 Å². The van der Waals surface area contributed by atoms with Crippen LogP contribution in [0, 0.1) is 11.3 Å². The lowest BCUT2D eigenvalue weighted by atomic mass is 9.91. The van der Waals surface area contributed by atoms with Gasteiger partial charge in [-0.05, 0) is 135 Å². The van der Waals surface area contributed by atoms with Gasteiger partial charge < -0.3 is 9.55 Å². The van der Waals surface area contributed by atoms with Crippen LogP contribution in [-0.4, -0.2) is 15.3 Å². The van der Waals surface area contributed by atoms with Gasteiger partial charge in [0.2, 0.25) is 0 Å². The zero-order valence-electron chi connectivity index (χ0n) is 38.8.